The van der Waals surface area contributed by atoms with E-state index < -0.39 is 21.7 Å². The van der Waals surface area contributed by atoms with Crippen LogP contribution in [0.1, 0.15) is 33.5 Å². The first-order chi connectivity index (χ1) is 13.2. The van der Waals surface area contributed by atoms with Crippen molar-refractivity contribution < 1.29 is 22.0 Å². The van der Waals surface area contributed by atoms with Gasteiger partial charge >= 0.3 is 0 Å². The summed E-state index contributed by atoms with van der Waals surface area (Å²) in [5.74, 6) is -2.39. The third-order valence-corrected chi connectivity index (χ3v) is 7.78. The molecule has 0 unspecified atom stereocenters. The zero-order valence-corrected chi connectivity index (χ0v) is 17.4. The van der Waals surface area contributed by atoms with Gasteiger partial charge in [-0.3, -0.25) is 4.79 Å². The summed E-state index contributed by atoms with van der Waals surface area (Å²) in [5.41, 5.74) is 1.18. The van der Waals surface area contributed by atoms with Crippen LogP contribution in [0.4, 0.5) is 8.78 Å². The summed E-state index contributed by atoms with van der Waals surface area (Å²) >= 11 is 1.46. The van der Waals surface area contributed by atoms with E-state index in [-0.39, 0.29) is 37.0 Å². The molecule has 152 valence electrons. The molecule has 1 amide bonds. The van der Waals surface area contributed by atoms with E-state index in [1.807, 2.05) is 13.0 Å². The van der Waals surface area contributed by atoms with Gasteiger partial charge in [0.1, 0.15) is 0 Å². The van der Waals surface area contributed by atoms with Crippen molar-refractivity contribution in [3.8, 4) is 0 Å². The lowest BCUT2D eigenvalue weighted by atomic mass is 10.1. The fourth-order valence-electron chi connectivity index (χ4n) is 3.22. The molecule has 1 aromatic heterocycles. The second kappa shape index (κ2) is 8.26. The predicted octanol–water partition coefficient (Wildman–Crippen LogP) is 3.43. The van der Waals surface area contributed by atoms with Gasteiger partial charge in [0, 0.05) is 31.1 Å². The van der Waals surface area contributed by atoms with Crippen molar-refractivity contribution in [3.05, 3.63) is 51.2 Å². The van der Waals surface area contributed by atoms with E-state index >= 15 is 0 Å². The van der Waals surface area contributed by atoms with Crippen molar-refractivity contribution in [3.63, 3.8) is 0 Å². The third-order valence-electron chi connectivity index (χ3n) is 4.81. The highest BCUT2D eigenvalue weighted by molar-refractivity contribution is 7.89. The van der Waals surface area contributed by atoms with Crippen molar-refractivity contribution in [2.24, 2.45) is 0 Å². The van der Waals surface area contributed by atoms with E-state index in [4.69, 9.17) is 0 Å². The fourth-order valence-corrected chi connectivity index (χ4v) is 5.69. The number of hydrogen-bond donors (Lipinski definition) is 0. The molecule has 0 saturated carbocycles. The molecule has 0 atom stereocenters. The Morgan fingerprint density at radius 3 is 2.39 bits per heavy atom. The number of rotatable bonds is 5. The van der Waals surface area contributed by atoms with Crippen molar-refractivity contribution in [1.82, 2.24) is 9.21 Å². The normalized spacial score (nSPS) is 15.8. The van der Waals surface area contributed by atoms with E-state index in [1.54, 1.807) is 4.90 Å². The average molecular weight is 429 g/mol. The molecule has 0 bridgehead atoms. The SMILES string of the molecule is CCCc1cc(C(=O)N2CCN(S(=O)(=O)c3ccc(F)c(F)c3)CC2)sc1C. The van der Waals surface area contributed by atoms with Gasteiger partial charge in [0.2, 0.25) is 10.0 Å². The Labute approximate surface area is 167 Å². The number of aryl methyl sites for hydroxylation is 2. The number of halogens is 2. The minimum Gasteiger partial charge on any atom is -0.335 e. The number of thiophene rings is 1. The van der Waals surface area contributed by atoms with Gasteiger partial charge in [0.25, 0.3) is 5.91 Å². The van der Waals surface area contributed by atoms with Crippen LogP contribution in [-0.2, 0) is 16.4 Å². The molecule has 3 rings (SSSR count). The lowest BCUT2D eigenvalue weighted by Crippen LogP contribution is -2.50. The smallest absolute Gasteiger partial charge is 0.264 e. The van der Waals surface area contributed by atoms with E-state index in [0.717, 1.165) is 29.9 Å². The molecule has 2 heterocycles. The monoisotopic (exact) mass is 428 g/mol. The lowest BCUT2D eigenvalue weighted by Gasteiger charge is -2.33. The molecule has 5 nitrogen and oxygen atoms in total. The van der Waals surface area contributed by atoms with Gasteiger partial charge in [-0.2, -0.15) is 4.31 Å². The number of benzene rings is 1. The minimum atomic E-state index is -3.93. The number of carbonyl (C=O) groups is 1. The fraction of sp³-hybridized carbons (Fsp3) is 0.421. The Morgan fingerprint density at radius 1 is 1.11 bits per heavy atom. The van der Waals surface area contributed by atoms with Crippen LogP contribution >= 0.6 is 11.3 Å². The highest BCUT2D eigenvalue weighted by atomic mass is 32.2. The van der Waals surface area contributed by atoms with Crippen LogP contribution in [0, 0.1) is 18.6 Å². The first-order valence-electron chi connectivity index (χ1n) is 9.07. The Morgan fingerprint density at radius 2 is 1.79 bits per heavy atom. The van der Waals surface area contributed by atoms with Crippen LogP contribution in [0.5, 0.6) is 0 Å². The Hall–Kier alpha value is -1.84. The molecule has 28 heavy (non-hydrogen) atoms. The molecular weight excluding hydrogens is 406 g/mol. The van der Waals surface area contributed by atoms with E-state index in [0.29, 0.717) is 10.9 Å². The second-order valence-electron chi connectivity index (χ2n) is 6.71. The first kappa shape index (κ1) is 20.9. The van der Waals surface area contributed by atoms with E-state index in [2.05, 4.69) is 6.92 Å². The van der Waals surface area contributed by atoms with Crippen LogP contribution < -0.4 is 0 Å². The number of piperazine rings is 1. The molecule has 1 fully saturated rings. The zero-order chi connectivity index (χ0) is 20.5. The molecule has 1 saturated heterocycles. The second-order valence-corrected chi connectivity index (χ2v) is 9.91. The van der Waals surface area contributed by atoms with E-state index in [1.165, 1.54) is 21.2 Å². The maximum Gasteiger partial charge on any atom is 0.264 e. The first-order valence-corrected chi connectivity index (χ1v) is 11.3. The van der Waals surface area contributed by atoms with Crippen molar-refractivity contribution in [1.29, 1.82) is 0 Å². The van der Waals surface area contributed by atoms with Crippen LogP contribution in [0.3, 0.4) is 0 Å². The predicted molar refractivity (Wildman–Crippen MR) is 104 cm³/mol. The zero-order valence-electron chi connectivity index (χ0n) is 15.7. The maximum absolute atomic E-state index is 13.4. The summed E-state index contributed by atoms with van der Waals surface area (Å²) in [5, 5.41) is 0. The minimum absolute atomic E-state index is 0.0969. The molecule has 2 aromatic rings. The Bertz CT molecular complexity index is 981. The van der Waals surface area contributed by atoms with Crippen LogP contribution in [-0.4, -0.2) is 49.7 Å². The molecule has 0 aliphatic carbocycles. The molecule has 0 radical (unpaired) electrons. The number of sulfonamides is 1. The van der Waals surface area contributed by atoms with Gasteiger partial charge in [0.15, 0.2) is 11.6 Å². The Balaban J connectivity index is 1.69. The Kier molecular flexibility index (Phi) is 6.16. The molecule has 1 aromatic carbocycles. The molecule has 0 spiro atoms. The van der Waals surface area contributed by atoms with Gasteiger partial charge in [-0.25, -0.2) is 17.2 Å². The quantitative estimate of drug-likeness (QED) is 0.733. The van der Waals surface area contributed by atoms with Crippen LogP contribution in [0.2, 0.25) is 0 Å². The number of carbonyl (C=O) groups excluding carboxylic acids is 1. The van der Waals surface area contributed by atoms with Crippen LogP contribution in [0.15, 0.2) is 29.2 Å². The number of hydrogen-bond acceptors (Lipinski definition) is 4. The average Bonchev–Trinajstić information content (AvgIpc) is 3.04. The molecule has 0 N–H and O–H groups in total. The lowest BCUT2D eigenvalue weighted by molar-refractivity contribution is 0.0702. The van der Waals surface area contributed by atoms with Gasteiger partial charge in [-0.1, -0.05) is 13.3 Å². The summed E-state index contributed by atoms with van der Waals surface area (Å²) in [6, 6.07) is 4.46. The highest BCUT2D eigenvalue weighted by Crippen LogP contribution is 2.25. The number of amides is 1. The van der Waals surface area contributed by atoms with Gasteiger partial charge in [-0.15, -0.1) is 11.3 Å². The highest BCUT2D eigenvalue weighted by Gasteiger charge is 2.31. The molecule has 1 aliphatic rings. The van der Waals surface area contributed by atoms with Crippen molar-refractivity contribution in [2.75, 3.05) is 26.2 Å². The number of nitrogens with zero attached hydrogens (tertiary/aromatic N) is 2. The largest absolute Gasteiger partial charge is 0.335 e. The maximum atomic E-state index is 13.4. The van der Waals surface area contributed by atoms with Gasteiger partial charge < -0.3 is 4.90 Å². The van der Waals surface area contributed by atoms with Crippen molar-refractivity contribution in [2.45, 2.75) is 31.6 Å². The van der Waals surface area contributed by atoms with Gasteiger partial charge in [-0.05, 0) is 43.2 Å². The summed E-state index contributed by atoms with van der Waals surface area (Å²) < 4.78 is 53.0. The standard InChI is InChI=1S/C19H22F2N2O3S2/c1-3-4-14-11-18(27-13(14)2)19(24)22-7-9-23(10-8-22)28(25,26)15-5-6-16(20)17(21)12-15/h5-6,11-12H,3-4,7-10H2,1-2H3. The summed E-state index contributed by atoms with van der Waals surface area (Å²) in [6.45, 7) is 4.81. The van der Waals surface area contributed by atoms with E-state index in [9.17, 15) is 22.0 Å². The molecule has 1 aliphatic heterocycles. The van der Waals surface area contributed by atoms with Crippen LogP contribution in [0.25, 0.3) is 0 Å². The molecule has 9 heteroatoms. The topological polar surface area (TPSA) is 57.7 Å². The summed E-state index contributed by atoms with van der Waals surface area (Å²) in [6.07, 6.45) is 1.93. The van der Waals surface area contributed by atoms with Gasteiger partial charge in [0.05, 0.1) is 9.77 Å². The third kappa shape index (κ3) is 4.11. The summed E-state index contributed by atoms with van der Waals surface area (Å²) in [4.78, 5) is 15.9. The van der Waals surface area contributed by atoms with Crippen molar-refractivity contribution >= 4 is 27.3 Å². The summed E-state index contributed by atoms with van der Waals surface area (Å²) in [7, 11) is -3.93. The molecular formula is C19H22F2N2O3S2.